The summed E-state index contributed by atoms with van der Waals surface area (Å²) in [7, 11) is -4.23. The van der Waals surface area contributed by atoms with Gasteiger partial charge in [-0.15, -0.1) is 10.2 Å². The van der Waals surface area contributed by atoms with Crippen LogP contribution >= 0.6 is 0 Å². The van der Waals surface area contributed by atoms with Crippen LogP contribution in [0.2, 0.25) is 0 Å². The van der Waals surface area contributed by atoms with Gasteiger partial charge in [-0.2, -0.15) is 0 Å². The van der Waals surface area contributed by atoms with E-state index in [4.69, 9.17) is 0 Å². The van der Waals surface area contributed by atoms with Gasteiger partial charge in [0.05, 0.1) is 20.7 Å². The molecule has 0 unspecified atom stereocenters. The van der Waals surface area contributed by atoms with Gasteiger partial charge in [0.15, 0.2) is 5.82 Å². The van der Waals surface area contributed by atoms with E-state index in [2.05, 4.69) is 15.2 Å². The van der Waals surface area contributed by atoms with E-state index in [0.29, 0.717) is 25.2 Å². The molecule has 0 atom stereocenters. The molecule has 2 aromatic rings. The quantitative estimate of drug-likeness (QED) is 0.0820. The third-order valence-corrected chi connectivity index (χ3v) is 4.87. The number of hydrogen-bond donors (Lipinski definition) is 0. The second-order valence-electron chi connectivity index (χ2n) is 6.44. The molecule has 1 heterocycles. The van der Waals surface area contributed by atoms with Gasteiger partial charge < -0.3 is 14.6 Å². The average molecular weight is 481 g/mol. The van der Waals surface area contributed by atoms with Gasteiger partial charge in [0.2, 0.25) is 0 Å². The Labute approximate surface area is 230 Å². The van der Waals surface area contributed by atoms with Crippen molar-refractivity contribution < 1.29 is 82.1 Å². The maximum atomic E-state index is 12.4. The van der Waals surface area contributed by atoms with Crippen molar-refractivity contribution in [2.75, 3.05) is 23.7 Å². The van der Waals surface area contributed by atoms with Gasteiger partial charge in [-0.1, -0.05) is 12.7 Å². The molecule has 1 aromatic heterocycles. The molecule has 0 aliphatic carbocycles. The van der Waals surface area contributed by atoms with Crippen LogP contribution in [0.15, 0.2) is 46.8 Å². The van der Waals surface area contributed by atoms with Crippen LogP contribution in [0.4, 0.5) is 22.9 Å². The van der Waals surface area contributed by atoms with Crippen LogP contribution in [-0.2, 0) is 10.1 Å². The molecule has 2 rings (SSSR count). The fourth-order valence-electron chi connectivity index (χ4n) is 2.65. The molecule has 162 valence electrons. The predicted octanol–water partition coefficient (Wildman–Crippen LogP) is -2.97. The Balaban J connectivity index is 0.00000480. The second kappa shape index (κ2) is 14.9. The van der Waals surface area contributed by atoms with Crippen LogP contribution in [0.3, 0.4) is 0 Å². The summed E-state index contributed by atoms with van der Waals surface area (Å²) < 4.78 is 32.1. The second-order valence-corrected chi connectivity index (χ2v) is 7.96. The molecule has 14 heteroatoms. The number of aromatic nitrogens is 1. The molecule has 11 nitrogen and oxygen atoms in total. The summed E-state index contributed by atoms with van der Waals surface area (Å²) in [5.41, 5.74) is 0.582. The number of unbranched alkanes of at least 4 members (excludes halogenated alkanes) is 1. The van der Waals surface area contributed by atoms with E-state index < -0.39 is 20.8 Å². The van der Waals surface area contributed by atoms with Crippen LogP contribution in [0.5, 0.6) is 5.75 Å². The first kappa shape index (κ1) is 30.9. The molecule has 0 bridgehead atoms. The summed E-state index contributed by atoms with van der Waals surface area (Å²) in [6, 6.07) is 7.20. The van der Waals surface area contributed by atoms with Crippen molar-refractivity contribution in [3.05, 3.63) is 46.6 Å². The molecular formula is C18H21N5Na2O6S. The summed E-state index contributed by atoms with van der Waals surface area (Å²) in [6.07, 6.45) is 2.63. The molecule has 32 heavy (non-hydrogen) atoms. The van der Waals surface area contributed by atoms with Crippen molar-refractivity contribution >= 4 is 33.0 Å². The molecular weight excluding hydrogens is 460 g/mol. The third-order valence-electron chi connectivity index (χ3n) is 4.08. The minimum atomic E-state index is -4.23. The zero-order valence-electron chi connectivity index (χ0n) is 18.3. The summed E-state index contributed by atoms with van der Waals surface area (Å²) in [6.45, 7) is 3.15. The van der Waals surface area contributed by atoms with E-state index in [9.17, 15) is 28.2 Å². The molecule has 0 amide bonds. The van der Waals surface area contributed by atoms with E-state index in [1.165, 1.54) is 24.3 Å². The Hall–Kier alpha value is -1.12. The molecule has 0 spiro atoms. The SMILES string of the molecule is CCCN(CCCCS(=O)(=O)[O-])c1ccc(N=Nc2ccc([N+](=O)[O-])cn2)c([O-])c1.[Na+].[Na+]. The van der Waals surface area contributed by atoms with E-state index in [1.54, 1.807) is 6.07 Å². The Kier molecular flexibility index (Phi) is 14.4. The molecule has 0 saturated carbocycles. The number of azo groups is 1. The number of nitro groups is 1. The van der Waals surface area contributed by atoms with Gasteiger partial charge >= 0.3 is 59.1 Å². The fourth-order valence-corrected chi connectivity index (χ4v) is 3.21. The van der Waals surface area contributed by atoms with E-state index in [0.717, 1.165) is 12.6 Å². The first-order chi connectivity index (χ1) is 14.2. The number of hydrogen-bond acceptors (Lipinski definition) is 10. The van der Waals surface area contributed by atoms with Gasteiger partial charge in [0.1, 0.15) is 6.20 Å². The molecule has 1 aromatic carbocycles. The molecule has 0 aliphatic heterocycles. The van der Waals surface area contributed by atoms with E-state index >= 15 is 0 Å². The number of benzene rings is 1. The van der Waals surface area contributed by atoms with Crippen molar-refractivity contribution in [1.29, 1.82) is 0 Å². The Morgan fingerprint density at radius 2 is 1.81 bits per heavy atom. The zero-order valence-corrected chi connectivity index (χ0v) is 23.1. The minimum Gasteiger partial charge on any atom is -0.871 e. The fraction of sp³-hybridized carbons (Fsp3) is 0.389. The van der Waals surface area contributed by atoms with Crippen LogP contribution in [0.25, 0.3) is 0 Å². The van der Waals surface area contributed by atoms with Crippen LogP contribution in [0.1, 0.15) is 26.2 Å². The van der Waals surface area contributed by atoms with Crippen molar-refractivity contribution in [3.63, 3.8) is 0 Å². The number of rotatable bonds is 11. The summed E-state index contributed by atoms with van der Waals surface area (Å²) in [5.74, 6) is -0.637. The van der Waals surface area contributed by atoms with E-state index in [1.807, 2.05) is 11.8 Å². The molecule has 0 saturated heterocycles. The summed E-state index contributed by atoms with van der Waals surface area (Å²) in [4.78, 5) is 15.8. The van der Waals surface area contributed by atoms with Gasteiger partial charge in [0, 0.05) is 30.6 Å². The summed E-state index contributed by atoms with van der Waals surface area (Å²) in [5, 5.41) is 30.7. The van der Waals surface area contributed by atoms with Crippen molar-refractivity contribution in [1.82, 2.24) is 4.98 Å². The maximum Gasteiger partial charge on any atom is 1.00 e. The molecule has 0 radical (unpaired) electrons. The number of nitrogens with zero attached hydrogens (tertiary/aromatic N) is 5. The van der Waals surface area contributed by atoms with Gasteiger partial charge in [-0.05, 0) is 43.5 Å². The average Bonchev–Trinajstić information content (AvgIpc) is 2.69. The molecule has 0 N–H and O–H groups in total. The minimum absolute atomic E-state index is 0. The molecule has 0 aliphatic rings. The van der Waals surface area contributed by atoms with Gasteiger partial charge in [-0.3, -0.25) is 10.1 Å². The van der Waals surface area contributed by atoms with Crippen LogP contribution in [-0.4, -0.2) is 41.7 Å². The Bertz CT molecular complexity index is 1010. The predicted molar refractivity (Wildman–Crippen MR) is 107 cm³/mol. The number of anilines is 1. The first-order valence-corrected chi connectivity index (χ1v) is 10.8. The zero-order chi connectivity index (χ0) is 22.1. The van der Waals surface area contributed by atoms with Crippen LogP contribution in [0, 0.1) is 10.1 Å². The first-order valence-electron chi connectivity index (χ1n) is 9.21. The molecule has 0 fully saturated rings. The maximum absolute atomic E-state index is 12.4. The van der Waals surface area contributed by atoms with Gasteiger partial charge in [0.25, 0.3) is 5.69 Å². The number of pyridine rings is 1. The smallest absolute Gasteiger partial charge is 0.871 e. The van der Waals surface area contributed by atoms with Crippen molar-refractivity contribution in [2.45, 2.75) is 26.2 Å². The van der Waals surface area contributed by atoms with Crippen molar-refractivity contribution in [2.24, 2.45) is 10.2 Å². The standard InChI is InChI=1S/C18H23N5O6S.2Na/c1-2-9-22(10-3-4-11-30(27,28)29)14-5-7-16(17(24)12-14)20-21-18-8-6-15(13-19-18)23(25)26;;/h5-8,12-13,24H,2-4,9-11H2,1H3,(H,27,28,29);;/q;2*+1/p-2. The van der Waals surface area contributed by atoms with Crippen LogP contribution < -0.4 is 69.1 Å². The Morgan fingerprint density at radius 1 is 1.09 bits per heavy atom. The van der Waals surface area contributed by atoms with E-state index in [-0.39, 0.29) is 88.5 Å². The summed E-state index contributed by atoms with van der Waals surface area (Å²) >= 11 is 0. The largest absolute Gasteiger partial charge is 1.00 e. The monoisotopic (exact) mass is 481 g/mol. The Morgan fingerprint density at radius 3 is 2.34 bits per heavy atom. The normalized spacial score (nSPS) is 10.9. The van der Waals surface area contributed by atoms with Gasteiger partial charge in [-0.25, -0.2) is 13.4 Å². The topological polar surface area (TPSA) is 164 Å². The van der Waals surface area contributed by atoms with Crippen molar-refractivity contribution in [3.8, 4) is 5.75 Å². The third kappa shape index (κ3) is 10.7.